The van der Waals surface area contributed by atoms with Crippen molar-refractivity contribution in [2.24, 2.45) is 0 Å². The van der Waals surface area contributed by atoms with Gasteiger partial charge in [-0.15, -0.1) is 11.3 Å². The molecule has 90 valence electrons. The van der Waals surface area contributed by atoms with Gasteiger partial charge in [0.25, 0.3) is 0 Å². The first-order valence-electron chi connectivity index (χ1n) is 5.55. The largest absolute Gasteiger partial charge is 0.304 e. The predicted molar refractivity (Wildman–Crippen MR) is 68.5 cm³/mol. The first-order chi connectivity index (χ1) is 8.15. The van der Waals surface area contributed by atoms with E-state index in [-0.39, 0.29) is 11.9 Å². The van der Waals surface area contributed by atoms with Crippen LogP contribution in [0.5, 0.6) is 0 Å². The summed E-state index contributed by atoms with van der Waals surface area (Å²) in [6, 6.07) is 6.78. The third-order valence-electron chi connectivity index (χ3n) is 2.60. The minimum atomic E-state index is -0.198. The van der Waals surface area contributed by atoms with E-state index in [1.165, 1.54) is 12.1 Å². The van der Waals surface area contributed by atoms with Gasteiger partial charge in [-0.25, -0.2) is 9.37 Å². The maximum absolute atomic E-state index is 12.8. The molecular weight excluding hydrogens is 235 g/mol. The quantitative estimate of drug-likeness (QED) is 0.899. The molecule has 0 aliphatic rings. The maximum Gasteiger partial charge on any atom is 0.123 e. The summed E-state index contributed by atoms with van der Waals surface area (Å²) >= 11 is 1.66. The highest BCUT2D eigenvalue weighted by Crippen LogP contribution is 2.15. The van der Waals surface area contributed by atoms with Crippen LogP contribution in [0.15, 0.2) is 29.6 Å². The van der Waals surface area contributed by atoms with Gasteiger partial charge in [-0.1, -0.05) is 12.1 Å². The zero-order valence-corrected chi connectivity index (χ0v) is 10.7. The van der Waals surface area contributed by atoms with E-state index in [0.717, 1.165) is 22.8 Å². The highest BCUT2D eigenvalue weighted by Gasteiger charge is 2.06. The minimum Gasteiger partial charge on any atom is -0.304 e. The van der Waals surface area contributed by atoms with Gasteiger partial charge in [0, 0.05) is 23.7 Å². The Bertz CT molecular complexity index is 478. The molecule has 2 rings (SSSR count). The molecule has 0 aliphatic heterocycles. The fraction of sp³-hybridized carbons (Fsp3) is 0.308. The summed E-state index contributed by atoms with van der Waals surface area (Å²) in [5, 5.41) is 6.49. The number of aryl methyl sites for hydroxylation is 1. The number of thiazole rings is 1. The summed E-state index contributed by atoms with van der Waals surface area (Å²) < 4.78 is 12.8. The highest BCUT2D eigenvalue weighted by molar-refractivity contribution is 7.09. The summed E-state index contributed by atoms with van der Waals surface area (Å²) in [5.41, 5.74) is 2.14. The summed E-state index contributed by atoms with van der Waals surface area (Å²) in [6.45, 7) is 4.80. The fourth-order valence-electron chi connectivity index (χ4n) is 1.59. The zero-order chi connectivity index (χ0) is 12.3. The zero-order valence-electron chi connectivity index (χ0n) is 9.90. The predicted octanol–water partition coefficient (Wildman–Crippen LogP) is 3.44. The van der Waals surface area contributed by atoms with Gasteiger partial charge in [0.05, 0.1) is 0 Å². The number of rotatable bonds is 4. The first-order valence-corrected chi connectivity index (χ1v) is 6.43. The SMILES string of the molecule is Cc1csc(CN[C@H](C)c2ccc(F)cc2)n1. The van der Waals surface area contributed by atoms with Crippen LogP contribution in [0.4, 0.5) is 4.39 Å². The lowest BCUT2D eigenvalue weighted by atomic mass is 10.1. The van der Waals surface area contributed by atoms with Crippen LogP contribution in [0.2, 0.25) is 0 Å². The second-order valence-corrected chi connectivity index (χ2v) is 4.98. The van der Waals surface area contributed by atoms with Gasteiger partial charge < -0.3 is 5.32 Å². The van der Waals surface area contributed by atoms with Gasteiger partial charge in [0.1, 0.15) is 10.8 Å². The number of hydrogen-bond acceptors (Lipinski definition) is 3. The first kappa shape index (κ1) is 12.2. The van der Waals surface area contributed by atoms with E-state index in [0.29, 0.717) is 0 Å². The van der Waals surface area contributed by atoms with E-state index in [1.807, 2.05) is 12.3 Å². The van der Waals surface area contributed by atoms with Crippen LogP contribution in [0, 0.1) is 12.7 Å². The van der Waals surface area contributed by atoms with Crippen molar-refractivity contribution in [3.05, 3.63) is 51.7 Å². The van der Waals surface area contributed by atoms with Crippen molar-refractivity contribution < 1.29 is 4.39 Å². The van der Waals surface area contributed by atoms with E-state index >= 15 is 0 Å². The number of nitrogens with one attached hydrogen (secondary N) is 1. The van der Waals surface area contributed by atoms with E-state index in [1.54, 1.807) is 23.5 Å². The normalized spacial score (nSPS) is 12.6. The van der Waals surface area contributed by atoms with Crippen molar-refractivity contribution in [1.29, 1.82) is 0 Å². The molecule has 1 atom stereocenters. The van der Waals surface area contributed by atoms with Gasteiger partial charge in [-0.3, -0.25) is 0 Å². The number of halogens is 1. The molecule has 2 aromatic rings. The Balaban J connectivity index is 1.93. The lowest BCUT2D eigenvalue weighted by Gasteiger charge is -2.12. The molecule has 0 radical (unpaired) electrons. The van der Waals surface area contributed by atoms with Gasteiger partial charge in [0.15, 0.2) is 0 Å². The molecule has 0 unspecified atom stereocenters. The third-order valence-corrected chi connectivity index (χ3v) is 3.56. The van der Waals surface area contributed by atoms with Crippen LogP contribution in [-0.2, 0) is 6.54 Å². The van der Waals surface area contributed by atoms with Crippen LogP contribution in [-0.4, -0.2) is 4.98 Å². The van der Waals surface area contributed by atoms with E-state index in [2.05, 4.69) is 17.2 Å². The molecule has 0 amide bonds. The molecule has 0 spiro atoms. The molecule has 17 heavy (non-hydrogen) atoms. The Morgan fingerprint density at radius 2 is 2.06 bits per heavy atom. The highest BCUT2D eigenvalue weighted by atomic mass is 32.1. The summed E-state index contributed by atoms with van der Waals surface area (Å²) in [6.07, 6.45) is 0. The van der Waals surface area contributed by atoms with E-state index in [4.69, 9.17) is 0 Å². The molecule has 1 N–H and O–H groups in total. The van der Waals surface area contributed by atoms with Crippen LogP contribution in [0.3, 0.4) is 0 Å². The lowest BCUT2D eigenvalue weighted by Crippen LogP contribution is -2.17. The van der Waals surface area contributed by atoms with E-state index < -0.39 is 0 Å². The summed E-state index contributed by atoms with van der Waals surface area (Å²) in [4.78, 5) is 4.39. The topological polar surface area (TPSA) is 24.9 Å². The second-order valence-electron chi connectivity index (χ2n) is 4.04. The lowest BCUT2D eigenvalue weighted by molar-refractivity contribution is 0.569. The van der Waals surface area contributed by atoms with Gasteiger partial charge in [0.2, 0.25) is 0 Å². The molecule has 1 aromatic heterocycles. The van der Waals surface area contributed by atoms with E-state index in [9.17, 15) is 4.39 Å². The van der Waals surface area contributed by atoms with Crippen molar-refractivity contribution in [2.75, 3.05) is 0 Å². The van der Waals surface area contributed by atoms with Crippen molar-refractivity contribution in [1.82, 2.24) is 10.3 Å². The molecule has 1 heterocycles. The Hall–Kier alpha value is -1.26. The molecule has 1 aromatic carbocycles. The average molecular weight is 250 g/mol. The third kappa shape index (κ3) is 3.35. The number of benzene rings is 1. The van der Waals surface area contributed by atoms with Gasteiger partial charge >= 0.3 is 0 Å². The molecule has 0 fully saturated rings. The van der Waals surface area contributed by atoms with Crippen LogP contribution < -0.4 is 5.32 Å². The Labute approximate surface area is 105 Å². The van der Waals surface area contributed by atoms with Crippen molar-refractivity contribution in [3.8, 4) is 0 Å². The molecule has 2 nitrogen and oxygen atoms in total. The summed E-state index contributed by atoms with van der Waals surface area (Å²) in [5.74, 6) is -0.198. The number of aromatic nitrogens is 1. The number of nitrogens with zero attached hydrogens (tertiary/aromatic N) is 1. The van der Waals surface area contributed by atoms with Crippen molar-refractivity contribution in [2.45, 2.75) is 26.4 Å². The maximum atomic E-state index is 12.8. The standard InChI is InChI=1S/C13H15FN2S/c1-9-8-17-13(16-9)7-15-10(2)11-3-5-12(14)6-4-11/h3-6,8,10,15H,7H2,1-2H3/t10-/m1/s1. The molecule has 0 aliphatic carbocycles. The Morgan fingerprint density at radius 1 is 1.35 bits per heavy atom. The van der Waals surface area contributed by atoms with Gasteiger partial charge in [-0.2, -0.15) is 0 Å². The Kier molecular flexibility index (Phi) is 3.86. The molecule has 4 heteroatoms. The van der Waals surface area contributed by atoms with Crippen molar-refractivity contribution >= 4 is 11.3 Å². The fourth-order valence-corrected chi connectivity index (χ4v) is 2.32. The smallest absolute Gasteiger partial charge is 0.123 e. The van der Waals surface area contributed by atoms with Crippen LogP contribution >= 0.6 is 11.3 Å². The molecule has 0 saturated heterocycles. The van der Waals surface area contributed by atoms with Crippen LogP contribution in [0.1, 0.15) is 29.2 Å². The average Bonchev–Trinajstić information content (AvgIpc) is 2.73. The monoisotopic (exact) mass is 250 g/mol. The molecule has 0 bridgehead atoms. The minimum absolute atomic E-state index is 0.194. The molecule has 0 saturated carbocycles. The molecular formula is C13H15FN2S. The van der Waals surface area contributed by atoms with Crippen molar-refractivity contribution in [3.63, 3.8) is 0 Å². The number of hydrogen-bond donors (Lipinski definition) is 1. The van der Waals surface area contributed by atoms with Gasteiger partial charge in [-0.05, 0) is 31.5 Å². The Morgan fingerprint density at radius 3 is 2.65 bits per heavy atom. The van der Waals surface area contributed by atoms with Crippen LogP contribution in [0.25, 0.3) is 0 Å². The summed E-state index contributed by atoms with van der Waals surface area (Å²) in [7, 11) is 0. The second kappa shape index (κ2) is 5.38.